The predicted molar refractivity (Wildman–Crippen MR) is 224 cm³/mol. The maximum atomic E-state index is 15.5. The van der Waals surface area contributed by atoms with Gasteiger partial charge in [-0.1, -0.05) is 0 Å². The molecule has 3 amide bonds. The van der Waals surface area contributed by atoms with E-state index in [2.05, 4.69) is 60.2 Å². The van der Waals surface area contributed by atoms with Crippen molar-refractivity contribution in [1.82, 2.24) is 40.2 Å². The van der Waals surface area contributed by atoms with Crippen molar-refractivity contribution in [2.24, 2.45) is 0 Å². The summed E-state index contributed by atoms with van der Waals surface area (Å²) in [4.78, 5) is 55.9. The number of hydrogen-bond donors (Lipinski definition) is 2. The summed E-state index contributed by atoms with van der Waals surface area (Å²) in [6.07, 6.45) is 8.09. The fourth-order valence-corrected chi connectivity index (χ4v) is 8.75. The first-order valence-corrected chi connectivity index (χ1v) is 21.1. The van der Waals surface area contributed by atoms with Crippen LogP contribution in [0.25, 0.3) is 22.3 Å². The van der Waals surface area contributed by atoms with Gasteiger partial charge in [-0.2, -0.15) is 5.10 Å². The summed E-state index contributed by atoms with van der Waals surface area (Å²) >= 11 is 0. The van der Waals surface area contributed by atoms with E-state index in [1.54, 1.807) is 18.5 Å². The van der Waals surface area contributed by atoms with Gasteiger partial charge >= 0.3 is 0 Å². The van der Waals surface area contributed by atoms with Crippen LogP contribution < -0.4 is 19.9 Å². The van der Waals surface area contributed by atoms with E-state index in [9.17, 15) is 14.4 Å². The molecule has 5 aliphatic heterocycles. The van der Waals surface area contributed by atoms with E-state index >= 15 is 4.39 Å². The topological polar surface area (TPSA) is 152 Å². The molecular formula is C43H57FN10O5. The molecule has 2 N–H and O–H groups in total. The van der Waals surface area contributed by atoms with Crippen LogP contribution in [-0.2, 0) is 20.9 Å². The fraction of sp³-hybridized carbons (Fsp3) is 0.535. The van der Waals surface area contributed by atoms with E-state index in [4.69, 9.17) is 9.47 Å². The van der Waals surface area contributed by atoms with Gasteiger partial charge in [-0.15, -0.1) is 0 Å². The molecule has 10 rings (SSSR count). The third-order valence-corrected chi connectivity index (χ3v) is 12.7. The van der Waals surface area contributed by atoms with Crippen LogP contribution >= 0.6 is 0 Å². The maximum absolute atomic E-state index is 15.5. The van der Waals surface area contributed by atoms with Crippen molar-refractivity contribution >= 4 is 40.1 Å². The van der Waals surface area contributed by atoms with Gasteiger partial charge in [-0.25, -0.2) is 14.4 Å². The second kappa shape index (κ2) is 16.5. The van der Waals surface area contributed by atoms with E-state index < -0.39 is 11.9 Å². The number of fused-ring (bicyclic) bond motifs is 2. The molecule has 1 saturated carbocycles. The van der Waals surface area contributed by atoms with Gasteiger partial charge in [-0.05, 0) is 82.8 Å². The average Bonchev–Trinajstić information content (AvgIpc) is 3.66. The lowest BCUT2D eigenvalue weighted by Crippen LogP contribution is -2.52. The van der Waals surface area contributed by atoms with E-state index in [0.29, 0.717) is 36.0 Å². The number of H-pyrrole nitrogens is 1. The number of rotatable bonds is 8. The van der Waals surface area contributed by atoms with Gasteiger partial charge in [-0.3, -0.25) is 29.7 Å². The van der Waals surface area contributed by atoms with Gasteiger partial charge in [0.1, 0.15) is 35.2 Å². The number of carbonyl (C=O) groups excluding carboxylic acids is 3. The summed E-state index contributed by atoms with van der Waals surface area (Å²) in [6.45, 7) is 11.1. The number of piperidine rings is 1. The first-order valence-electron chi connectivity index (χ1n) is 21.1. The number of carbonyl (C=O) groups is 3. The van der Waals surface area contributed by atoms with Crippen LogP contribution in [0, 0.1) is 5.82 Å². The van der Waals surface area contributed by atoms with Crippen LogP contribution in [0.3, 0.4) is 0 Å². The lowest BCUT2D eigenvalue weighted by Gasteiger charge is -2.38. The number of likely N-dealkylation sites (N-methyl/N-ethyl adjacent to an activating group) is 1. The summed E-state index contributed by atoms with van der Waals surface area (Å²) in [6, 6.07) is 10.7. The molecule has 1 unspecified atom stereocenters. The van der Waals surface area contributed by atoms with Crippen LogP contribution in [0.2, 0.25) is 0 Å². The normalized spacial score (nSPS) is 23.5. The molecule has 2 atom stereocenters. The largest absolute Gasteiger partial charge is 0.488 e. The van der Waals surface area contributed by atoms with Crippen molar-refractivity contribution in [3.05, 3.63) is 59.7 Å². The molecule has 16 heteroatoms. The molecule has 1 aliphatic carbocycles. The standard InChI is InChI=1S/C23H29FN4O4.C20H24N6O.2H2/c24-21-17-14-28(19-6-7-20(29)25-22(19)30)23(31)16(17)4-5-18(21)27-10-8-26(9-11-27)13-15-3-1-2-12-32-15;1-20(5-6-20)27-14-3-4-16-15(11-14)19(24-23-16)17-12-18(22-13-21-17)26-9-7-25(2)8-10-26;;/h4-5,15,19H,1-3,6-14H2,(H,25,29,30);3-4,11-13H,5-10H2,1-2H3,(H,23,24);2*1H/t15-,19?;;;/m1.../s1. The zero-order valence-electron chi connectivity index (χ0n) is 33.9. The molecule has 5 fully saturated rings. The summed E-state index contributed by atoms with van der Waals surface area (Å²) in [5, 5.41) is 10.9. The zero-order chi connectivity index (χ0) is 40.7. The van der Waals surface area contributed by atoms with Gasteiger partial charge in [0, 0.05) is 97.4 Å². The van der Waals surface area contributed by atoms with Crippen LogP contribution in [0.15, 0.2) is 42.7 Å². The molecular weight excluding hydrogens is 756 g/mol. The highest BCUT2D eigenvalue weighted by Gasteiger charge is 2.42. The summed E-state index contributed by atoms with van der Waals surface area (Å²) in [7, 11) is 2.15. The third kappa shape index (κ3) is 8.48. The predicted octanol–water partition coefficient (Wildman–Crippen LogP) is 4.47. The Morgan fingerprint density at radius 2 is 1.75 bits per heavy atom. The minimum Gasteiger partial charge on any atom is -0.488 e. The molecule has 4 aromatic rings. The molecule has 4 saturated heterocycles. The van der Waals surface area contributed by atoms with Crippen molar-refractivity contribution in [3.63, 3.8) is 0 Å². The van der Waals surface area contributed by atoms with E-state index in [0.717, 1.165) is 112 Å². The SMILES string of the molecule is CN1CCN(c2cc(-c3n[nH]c4ccc(OC5(C)CC5)cc34)ncn2)CC1.O=C1CCC(N2Cc3c(ccc(N4CCN(C[C@H]5CCCCO5)CC4)c3F)C2=O)C(=O)N1.[HH].[HH]. The van der Waals surface area contributed by atoms with Crippen molar-refractivity contribution in [3.8, 4) is 17.1 Å². The number of halogens is 1. The molecule has 7 heterocycles. The second-order valence-electron chi connectivity index (χ2n) is 17.0. The number of aromatic nitrogens is 4. The van der Waals surface area contributed by atoms with Crippen LogP contribution in [0.5, 0.6) is 5.75 Å². The Bertz CT molecular complexity index is 2220. The monoisotopic (exact) mass is 812 g/mol. The minimum atomic E-state index is -0.735. The van der Waals surface area contributed by atoms with E-state index in [1.807, 2.05) is 23.1 Å². The number of anilines is 2. The molecule has 0 bridgehead atoms. The average molecular weight is 813 g/mol. The lowest BCUT2D eigenvalue weighted by molar-refractivity contribution is -0.136. The molecule has 15 nitrogen and oxygen atoms in total. The molecule has 0 radical (unpaired) electrons. The Hall–Kier alpha value is -5.19. The number of nitrogens with one attached hydrogen (secondary N) is 2. The summed E-state index contributed by atoms with van der Waals surface area (Å²) in [5.74, 6) is 0.298. The molecule has 2 aromatic carbocycles. The molecule has 6 aliphatic rings. The highest BCUT2D eigenvalue weighted by Crippen LogP contribution is 2.41. The Morgan fingerprint density at radius 3 is 2.49 bits per heavy atom. The first kappa shape index (κ1) is 39.3. The van der Waals surface area contributed by atoms with Gasteiger partial charge < -0.3 is 29.1 Å². The first-order chi connectivity index (χ1) is 28.6. The van der Waals surface area contributed by atoms with E-state index in [-0.39, 0.29) is 45.5 Å². The Labute approximate surface area is 346 Å². The van der Waals surface area contributed by atoms with Gasteiger partial charge in [0.25, 0.3) is 5.91 Å². The van der Waals surface area contributed by atoms with Gasteiger partial charge in [0.05, 0.1) is 29.5 Å². The van der Waals surface area contributed by atoms with Crippen molar-refractivity contribution in [1.29, 1.82) is 0 Å². The summed E-state index contributed by atoms with van der Waals surface area (Å²) < 4.78 is 27.5. The summed E-state index contributed by atoms with van der Waals surface area (Å²) in [5.41, 5.74) is 3.82. The van der Waals surface area contributed by atoms with Crippen molar-refractivity contribution in [2.75, 3.05) is 82.4 Å². The number of piperazine rings is 2. The third-order valence-electron chi connectivity index (χ3n) is 12.7. The zero-order valence-corrected chi connectivity index (χ0v) is 33.9. The number of aromatic amines is 1. The number of imide groups is 1. The van der Waals surface area contributed by atoms with Crippen LogP contribution in [0.4, 0.5) is 15.9 Å². The van der Waals surface area contributed by atoms with Gasteiger partial charge in [0.15, 0.2) is 5.82 Å². The highest BCUT2D eigenvalue weighted by molar-refractivity contribution is 6.05. The van der Waals surface area contributed by atoms with Crippen LogP contribution in [-0.4, -0.2) is 143 Å². The van der Waals surface area contributed by atoms with Crippen LogP contribution in [0.1, 0.15) is 70.6 Å². The van der Waals surface area contributed by atoms with Crippen molar-refractivity contribution in [2.45, 2.75) is 76.2 Å². The maximum Gasteiger partial charge on any atom is 0.255 e. The van der Waals surface area contributed by atoms with Gasteiger partial charge in [0.2, 0.25) is 11.8 Å². The minimum absolute atomic E-state index is 0. The number of ether oxygens (including phenoxy) is 2. The number of nitrogens with zero attached hydrogens (tertiary/aromatic N) is 8. The Kier molecular flexibility index (Phi) is 11.0. The number of hydrogen-bond acceptors (Lipinski definition) is 12. The molecule has 59 heavy (non-hydrogen) atoms. The smallest absolute Gasteiger partial charge is 0.255 e. The fourth-order valence-electron chi connectivity index (χ4n) is 8.75. The van der Waals surface area contributed by atoms with E-state index in [1.165, 1.54) is 11.3 Å². The highest BCUT2D eigenvalue weighted by atomic mass is 19.1. The Morgan fingerprint density at radius 1 is 0.949 bits per heavy atom. The van der Waals surface area contributed by atoms with Crippen molar-refractivity contribution < 1.29 is 31.1 Å². The Balaban J connectivity index is 0.000000180. The number of benzene rings is 2. The molecule has 316 valence electrons. The molecule has 0 spiro atoms. The number of amides is 3. The molecule has 2 aromatic heterocycles. The lowest BCUT2D eigenvalue weighted by atomic mass is 10.0. The second-order valence-corrected chi connectivity index (χ2v) is 17.0. The quantitative estimate of drug-likeness (QED) is 0.242.